The molecule has 15 heavy (non-hydrogen) atoms. The fourth-order valence-corrected chi connectivity index (χ4v) is 2.40. The van der Waals surface area contributed by atoms with Crippen LogP contribution in [0.1, 0.15) is 6.92 Å². The first-order valence-corrected chi connectivity index (χ1v) is 5.71. The van der Waals surface area contributed by atoms with Gasteiger partial charge in [0.2, 0.25) is 5.91 Å². The minimum absolute atomic E-state index is 0.0397. The Morgan fingerprint density at radius 2 is 1.87 bits per heavy atom. The van der Waals surface area contributed by atoms with Gasteiger partial charge in [0.1, 0.15) is 0 Å². The van der Waals surface area contributed by atoms with Crippen molar-refractivity contribution >= 4 is 45.0 Å². The number of anilines is 1. The van der Waals surface area contributed by atoms with Gasteiger partial charge in [-0.1, -0.05) is 24.3 Å². The monoisotopic (exact) mass is 311 g/mol. The topological polar surface area (TPSA) is 29.1 Å². The van der Waals surface area contributed by atoms with Crippen molar-refractivity contribution in [3.8, 4) is 0 Å². The molecule has 0 aliphatic carbocycles. The Labute approximate surface area is 102 Å². The van der Waals surface area contributed by atoms with E-state index in [0.29, 0.717) is 0 Å². The Kier molecular flexibility index (Phi) is 2.90. The lowest BCUT2D eigenvalue weighted by Gasteiger charge is -2.08. The van der Waals surface area contributed by atoms with Gasteiger partial charge in [-0.25, -0.2) is 0 Å². The Hall–Kier alpha value is -1.10. The first kappa shape index (κ1) is 10.4. The predicted molar refractivity (Wildman–Crippen MR) is 71.0 cm³/mol. The molecule has 1 amide bonds. The standard InChI is InChI=1S/C12H10INO/c1-8(15)14-11-7-3-5-9-4-2-6-10(13)12(9)11/h2-7H,1H3,(H,14,15). The molecule has 1 N–H and O–H groups in total. The third-order valence-corrected chi connectivity index (χ3v) is 3.06. The van der Waals surface area contributed by atoms with Gasteiger partial charge < -0.3 is 5.32 Å². The van der Waals surface area contributed by atoms with Crippen LogP contribution in [0.5, 0.6) is 0 Å². The third kappa shape index (κ3) is 2.12. The molecular weight excluding hydrogens is 301 g/mol. The van der Waals surface area contributed by atoms with Crippen LogP contribution < -0.4 is 5.32 Å². The van der Waals surface area contributed by atoms with Gasteiger partial charge in [0.05, 0.1) is 0 Å². The molecule has 76 valence electrons. The fourth-order valence-electron chi connectivity index (χ4n) is 1.59. The summed E-state index contributed by atoms with van der Waals surface area (Å²) >= 11 is 2.28. The van der Waals surface area contributed by atoms with Crippen molar-refractivity contribution in [3.63, 3.8) is 0 Å². The van der Waals surface area contributed by atoms with Crippen molar-refractivity contribution in [1.82, 2.24) is 0 Å². The molecule has 2 nitrogen and oxygen atoms in total. The van der Waals surface area contributed by atoms with Gasteiger partial charge in [0.25, 0.3) is 0 Å². The summed E-state index contributed by atoms with van der Waals surface area (Å²) in [7, 11) is 0. The van der Waals surface area contributed by atoms with Crippen LogP contribution in [0.25, 0.3) is 10.8 Å². The SMILES string of the molecule is CC(=O)Nc1cccc2cccc(I)c12. The molecule has 0 bridgehead atoms. The van der Waals surface area contributed by atoms with E-state index in [2.05, 4.69) is 27.9 Å². The molecular formula is C12H10INO. The molecule has 2 rings (SSSR count). The molecule has 2 aromatic rings. The number of hydrogen-bond acceptors (Lipinski definition) is 1. The number of fused-ring (bicyclic) bond motifs is 1. The molecule has 3 heteroatoms. The van der Waals surface area contributed by atoms with Crippen LogP contribution >= 0.6 is 22.6 Å². The van der Waals surface area contributed by atoms with Gasteiger partial charge in [-0.3, -0.25) is 4.79 Å². The van der Waals surface area contributed by atoms with Crippen LogP contribution in [0.2, 0.25) is 0 Å². The molecule has 2 aromatic carbocycles. The number of rotatable bonds is 1. The number of nitrogens with one attached hydrogen (secondary N) is 1. The normalized spacial score (nSPS) is 10.3. The van der Waals surface area contributed by atoms with E-state index in [1.165, 1.54) is 6.92 Å². The van der Waals surface area contributed by atoms with E-state index in [-0.39, 0.29) is 5.91 Å². The highest BCUT2D eigenvalue weighted by atomic mass is 127. The molecule has 0 radical (unpaired) electrons. The van der Waals surface area contributed by atoms with Crippen molar-refractivity contribution in [1.29, 1.82) is 0 Å². The molecule has 0 atom stereocenters. The zero-order valence-electron chi connectivity index (χ0n) is 8.25. The summed E-state index contributed by atoms with van der Waals surface area (Å²) in [5.74, 6) is -0.0397. The summed E-state index contributed by atoms with van der Waals surface area (Å²) in [5, 5.41) is 5.10. The van der Waals surface area contributed by atoms with E-state index in [0.717, 1.165) is 20.0 Å². The number of carbonyl (C=O) groups is 1. The Balaban J connectivity index is 2.68. The number of halogens is 1. The summed E-state index contributed by atoms with van der Waals surface area (Å²) in [6.07, 6.45) is 0. The molecule has 0 unspecified atom stereocenters. The van der Waals surface area contributed by atoms with Crippen LogP contribution in [0.3, 0.4) is 0 Å². The number of amides is 1. The van der Waals surface area contributed by atoms with Crippen LogP contribution in [0.15, 0.2) is 36.4 Å². The molecule has 0 fully saturated rings. The van der Waals surface area contributed by atoms with Crippen LogP contribution in [0.4, 0.5) is 5.69 Å². The van der Waals surface area contributed by atoms with Gasteiger partial charge in [-0.05, 0) is 40.1 Å². The zero-order valence-corrected chi connectivity index (χ0v) is 10.4. The summed E-state index contributed by atoms with van der Waals surface area (Å²) in [5.41, 5.74) is 0.880. The molecule has 0 aromatic heterocycles. The van der Waals surface area contributed by atoms with Gasteiger partial charge in [-0.15, -0.1) is 0 Å². The van der Waals surface area contributed by atoms with E-state index >= 15 is 0 Å². The average molecular weight is 311 g/mol. The maximum atomic E-state index is 11.1. The summed E-state index contributed by atoms with van der Waals surface area (Å²) in [6.45, 7) is 1.52. The molecule has 0 saturated heterocycles. The lowest BCUT2D eigenvalue weighted by molar-refractivity contribution is -0.114. The highest BCUT2D eigenvalue weighted by Crippen LogP contribution is 2.27. The van der Waals surface area contributed by atoms with Crippen LogP contribution in [0, 0.1) is 3.57 Å². The average Bonchev–Trinajstić information content (AvgIpc) is 2.17. The first-order valence-electron chi connectivity index (χ1n) is 4.63. The lowest BCUT2D eigenvalue weighted by atomic mass is 10.1. The van der Waals surface area contributed by atoms with E-state index < -0.39 is 0 Å². The van der Waals surface area contributed by atoms with Crippen LogP contribution in [-0.2, 0) is 4.79 Å². The number of benzene rings is 2. The van der Waals surface area contributed by atoms with Gasteiger partial charge in [-0.2, -0.15) is 0 Å². The van der Waals surface area contributed by atoms with Gasteiger partial charge in [0.15, 0.2) is 0 Å². The smallest absolute Gasteiger partial charge is 0.221 e. The number of carbonyl (C=O) groups excluding carboxylic acids is 1. The molecule has 0 aliphatic rings. The van der Waals surface area contributed by atoms with E-state index in [1.54, 1.807) is 0 Å². The predicted octanol–water partition coefficient (Wildman–Crippen LogP) is 3.40. The maximum Gasteiger partial charge on any atom is 0.221 e. The Morgan fingerprint density at radius 3 is 2.53 bits per heavy atom. The zero-order chi connectivity index (χ0) is 10.8. The second-order valence-electron chi connectivity index (χ2n) is 3.32. The Bertz CT molecular complexity index is 517. The lowest BCUT2D eigenvalue weighted by Crippen LogP contribution is -2.06. The van der Waals surface area contributed by atoms with Crippen molar-refractivity contribution in [3.05, 3.63) is 40.0 Å². The van der Waals surface area contributed by atoms with Crippen molar-refractivity contribution in [2.75, 3.05) is 5.32 Å². The second-order valence-corrected chi connectivity index (χ2v) is 4.49. The van der Waals surface area contributed by atoms with E-state index in [9.17, 15) is 4.79 Å². The maximum absolute atomic E-state index is 11.1. The highest BCUT2D eigenvalue weighted by Gasteiger charge is 2.04. The summed E-state index contributed by atoms with van der Waals surface area (Å²) in [4.78, 5) is 11.1. The summed E-state index contributed by atoms with van der Waals surface area (Å²) in [6, 6.07) is 12.0. The quantitative estimate of drug-likeness (QED) is 0.804. The second kappa shape index (κ2) is 4.18. The minimum atomic E-state index is -0.0397. The van der Waals surface area contributed by atoms with E-state index in [4.69, 9.17) is 0 Å². The molecule has 0 spiro atoms. The molecule has 0 heterocycles. The van der Waals surface area contributed by atoms with Crippen molar-refractivity contribution in [2.24, 2.45) is 0 Å². The number of hydrogen-bond donors (Lipinski definition) is 1. The third-order valence-electron chi connectivity index (χ3n) is 2.16. The van der Waals surface area contributed by atoms with Crippen LogP contribution in [-0.4, -0.2) is 5.91 Å². The fraction of sp³-hybridized carbons (Fsp3) is 0.0833. The van der Waals surface area contributed by atoms with E-state index in [1.807, 2.05) is 36.4 Å². The largest absolute Gasteiger partial charge is 0.326 e. The highest BCUT2D eigenvalue weighted by molar-refractivity contribution is 14.1. The first-order chi connectivity index (χ1) is 7.18. The molecule has 0 saturated carbocycles. The van der Waals surface area contributed by atoms with Gasteiger partial charge >= 0.3 is 0 Å². The molecule has 0 aliphatic heterocycles. The van der Waals surface area contributed by atoms with Crippen molar-refractivity contribution in [2.45, 2.75) is 6.92 Å². The van der Waals surface area contributed by atoms with Crippen molar-refractivity contribution < 1.29 is 4.79 Å². The minimum Gasteiger partial charge on any atom is -0.326 e. The Morgan fingerprint density at radius 1 is 1.20 bits per heavy atom. The van der Waals surface area contributed by atoms with Gasteiger partial charge in [0, 0.05) is 21.6 Å². The summed E-state index contributed by atoms with van der Waals surface area (Å²) < 4.78 is 1.15.